The van der Waals surface area contributed by atoms with Crippen LogP contribution in [0.25, 0.3) is 0 Å². The van der Waals surface area contributed by atoms with E-state index in [-0.39, 0.29) is 5.84 Å². The van der Waals surface area contributed by atoms with E-state index < -0.39 is 12.3 Å². The van der Waals surface area contributed by atoms with Gasteiger partial charge >= 0.3 is 6.18 Å². The SMILES string of the molecule is CC1=N[C@H](C(F)(F)F)NN1. The fourth-order valence-electron chi connectivity index (χ4n) is 0.586. The third kappa shape index (κ3) is 1.38. The van der Waals surface area contributed by atoms with E-state index in [0.717, 1.165) is 0 Å². The highest BCUT2D eigenvalue weighted by Crippen LogP contribution is 2.21. The predicted octanol–water partition coefficient (Wildman–Crippen LogP) is 0.401. The molecule has 1 atom stereocenters. The molecule has 0 radical (unpaired) electrons. The fourth-order valence-corrected chi connectivity index (χ4v) is 0.586. The molecule has 1 aliphatic rings. The number of aliphatic imine (C=N–C) groups is 1. The van der Waals surface area contributed by atoms with Crippen molar-refractivity contribution in [1.82, 2.24) is 10.9 Å². The molecule has 0 saturated heterocycles. The van der Waals surface area contributed by atoms with E-state index in [1.165, 1.54) is 6.92 Å². The van der Waals surface area contributed by atoms with Crippen LogP contribution in [0.4, 0.5) is 13.2 Å². The maximum atomic E-state index is 11.7. The minimum absolute atomic E-state index is 0.252. The molecule has 0 unspecified atom stereocenters. The smallest absolute Gasteiger partial charge is 0.308 e. The molecule has 0 aromatic heterocycles. The number of halogens is 3. The third-order valence-electron chi connectivity index (χ3n) is 1.02. The molecule has 6 heteroatoms. The Kier molecular flexibility index (Phi) is 1.55. The highest BCUT2D eigenvalue weighted by atomic mass is 19.4. The number of nitrogens with zero attached hydrogens (tertiary/aromatic N) is 1. The van der Waals surface area contributed by atoms with Crippen molar-refractivity contribution in [3.8, 4) is 0 Å². The molecule has 1 heterocycles. The van der Waals surface area contributed by atoms with Crippen molar-refractivity contribution in [1.29, 1.82) is 0 Å². The zero-order valence-corrected chi connectivity index (χ0v) is 5.16. The number of hydrazine groups is 1. The number of nitrogens with one attached hydrogen (secondary N) is 2. The lowest BCUT2D eigenvalue weighted by Gasteiger charge is -2.10. The highest BCUT2D eigenvalue weighted by molar-refractivity contribution is 5.80. The first kappa shape index (κ1) is 7.33. The van der Waals surface area contributed by atoms with Gasteiger partial charge in [0.05, 0.1) is 0 Å². The van der Waals surface area contributed by atoms with Crippen molar-refractivity contribution in [2.24, 2.45) is 4.99 Å². The van der Waals surface area contributed by atoms with Crippen LogP contribution in [0.1, 0.15) is 6.92 Å². The molecular weight excluding hydrogens is 147 g/mol. The van der Waals surface area contributed by atoms with Crippen LogP contribution in [0.5, 0.6) is 0 Å². The fraction of sp³-hybridized carbons (Fsp3) is 0.750. The number of alkyl halides is 3. The Morgan fingerprint density at radius 2 is 2.10 bits per heavy atom. The molecule has 0 saturated carbocycles. The molecule has 10 heavy (non-hydrogen) atoms. The van der Waals surface area contributed by atoms with E-state index in [1.54, 1.807) is 0 Å². The molecule has 1 aliphatic heterocycles. The van der Waals surface area contributed by atoms with Gasteiger partial charge in [0, 0.05) is 0 Å². The lowest BCUT2D eigenvalue weighted by molar-refractivity contribution is -0.152. The summed E-state index contributed by atoms with van der Waals surface area (Å²) in [5.74, 6) is 0.252. The van der Waals surface area contributed by atoms with Gasteiger partial charge in [-0.25, -0.2) is 10.4 Å². The molecule has 0 aliphatic carbocycles. The molecule has 3 nitrogen and oxygen atoms in total. The predicted molar refractivity (Wildman–Crippen MR) is 29.2 cm³/mol. The van der Waals surface area contributed by atoms with Crippen LogP contribution in [-0.2, 0) is 0 Å². The van der Waals surface area contributed by atoms with Crippen LogP contribution >= 0.6 is 0 Å². The van der Waals surface area contributed by atoms with Crippen LogP contribution in [-0.4, -0.2) is 18.2 Å². The van der Waals surface area contributed by atoms with Gasteiger partial charge in [0.1, 0.15) is 5.84 Å². The molecule has 1 rings (SSSR count). The first-order chi connectivity index (χ1) is 4.50. The van der Waals surface area contributed by atoms with E-state index in [1.807, 2.05) is 5.43 Å². The van der Waals surface area contributed by atoms with Gasteiger partial charge in [-0.2, -0.15) is 13.2 Å². The van der Waals surface area contributed by atoms with Crippen molar-refractivity contribution in [2.45, 2.75) is 19.3 Å². The van der Waals surface area contributed by atoms with Gasteiger partial charge in [-0.1, -0.05) is 0 Å². The van der Waals surface area contributed by atoms with Crippen LogP contribution in [0.3, 0.4) is 0 Å². The van der Waals surface area contributed by atoms with E-state index in [0.29, 0.717) is 0 Å². The highest BCUT2D eigenvalue weighted by Gasteiger charge is 2.41. The van der Waals surface area contributed by atoms with E-state index in [2.05, 4.69) is 10.4 Å². The summed E-state index contributed by atoms with van der Waals surface area (Å²) in [7, 11) is 0. The van der Waals surface area contributed by atoms with E-state index in [9.17, 15) is 13.2 Å². The van der Waals surface area contributed by atoms with Crippen LogP contribution in [0, 0.1) is 0 Å². The van der Waals surface area contributed by atoms with Gasteiger partial charge in [-0.3, -0.25) is 0 Å². The topological polar surface area (TPSA) is 36.4 Å². The lowest BCUT2D eigenvalue weighted by atomic mass is 10.5. The summed E-state index contributed by atoms with van der Waals surface area (Å²) < 4.78 is 35.2. The Labute approximate surface area is 55.3 Å². The average molecular weight is 153 g/mol. The minimum Gasteiger partial charge on any atom is -0.308 e. The standard InChI is InChI=1S/C4H6F3N3/c1-2-8-3(10-9-2)4(5,6)7/h3,10H,1H3,(H,8,9)/t3-/m0/s1. The van der Waals surface area contributed by atoms with Crippen LogP contribution < -0.4 is 10.9 Å². The maximum absolute atomic E-state index is 11.7. The summed E-state index contributed by atoms with van der Waals surface area (Å²) in [6.07, 6.45) is -6.09. The Morgan fingerprint density at radius 3 is 2.30 bits per heavy atom. The first-order valence-corrected chi connectivity index (χ1v) is 2.63. The normalized spacial score (nSPS) is 26.0. The van der Waals surface area contributed by atoms with Crippen molar-refractivity contribution in [3.63, 3.8) is 0 Å². The summed E-state index contributed by atoms with van der Waals surface area (Å²) in [6.45, 7) is 1.46. The molecule has 0 amide bonds. The Morgan fingerprint density at radius 1 is 1.50 bits per heavy atom. The zero-order valence-electron chi connectivity index (χ0n) is 5.16. The molecule has 0 fully saturated rings. The van der Waals surface area contributed by atoms with E-state index in [4.69, 9.17) is 0 Å². The molecule has 0 spiro atoms. The molecule has 0 bridgehead atoms. The van der Waals surface area contributed by atoms with Crippen LogP contribution in [0.2, 0.25) is 0 Å². The number of hydrogen-bond acceptors (Lipinski definition) is 3. The van der Waals surface area contributed by atoms with E-state index >= 15 is 0 Å². The first-order valence-electron chi connectivity index (χ1n) is 2.63. The lowest BCUT2D eigenvalue weighted by Crippen LogP contribution is -2.42. The van der Waals surface area contributed by atoms with Crippen molar-refractivity contribution < 1.29 is 13.2 Å². The summed E-state index contributed by atoms with van der Waals surface area (Å²) in [4.78, 5) is 3.23. The molecule has 0 aromatic rings. The van der Waals surface area contributed by atoms with Gasteiger partial charge in [-0.15, -0.1) is 0 Å². The Bertz CT molecular complexity index is 162. The zero-order chi connectivity index (χ0) is 7.78. The molecule has 2 N–H and O–H groups in total. The second-order valence-corrected chi connectivity index (χ2v) is 1.93. The quantitative estimate of drug-likeness (QED) is 0.528. The summed E-state index contributed by atoms with van der Waals surface area (Å²) in [6, 6.07) is 0. The Balaban J connectivity index is 2.61. The van der Waals surface area contributed by atoms with Crippen molar-refractivity contribution >= 4 is 5.84 Å². The largest absolute Gasteiger partial charge is 0.425 e. The van der Waals surface area contributed by atoms with Gasteiger partial charge in [0.25, 0.3) is 0 Å². The van der Waals surface area contributed by atoms with Gasteiger partial charge < -0.3 is 5.43 Å². The average Bonchev–Trinajstić information content (AvgIpc) is 2.11. The van der Waals surface area contributed by atoms with Gasteiger partial charge in [0.15, 0.2) is 0 Å². The summed E-state index contributed by atoms with van der Waals surface area (Å²) >= 11 is 0. The molecular formula is C4H6F3N3. The number of amidine groups is 1. The monoisotopic (exact) mass is 153 g/mol. The molecule has 58 valence electrons. The minimum atomic E-state index is -4.30. The van der Waals surface area contributed by atoms with Crippen molar-refractivity contribution in [2.75, 3.05) is 0 Å². The summed E-state index contributed by atoms with van der Waals surface area (Å²) in [5.41, 5.74) is 4.22. The van der Waals surface area contributed by atoms with Crippen molar-refractivity contribution in [3.05, 3.63) is 0 Å². The van der Waals surface area contributed by atoms with Gasteiger partial charge in [0.2, 0.25) is 6.17 Å². The second kappa shape index (κ2) is 2.12. The maximum Gasteiger partial charge on any atom is 0.425 e. The van der Waals surface area contributed by atoms with Crippen LogP contribution in [0.15, 0.2) is 4.99 Å². The number of rotatable bonds is 0. The molecule has 0 aromatic carbocycles. The third-order valence-corrected chi connectivity index (χ3v) is 1.02. The van der Waals surface area contributed by atoms with Gasteiger partial charge in [-0.05, 0) is 6.92 Å². The number of hydrogen-bond donors (Lipinski definition) is 2. The second-order valence-electron chi connectivity index (χ2n) is 1.93. The summed E-state index contributed by atoms with van der Waals surface area (Å²) in [5, 5.41) is 0. The Hall–Kier alpha value is -0.780.